The molecule has 0 amide bonds. The number of nitrogens with zero attached hydrogens (tertiary/aromatic N) is 1. The maximum atomic E-state index is 5.32. The highest BCUT2D eigenvalue weighted by atomic mass is 16.5. The van der Waals surface area contributed by atoms with Gasteiger partial charge in [0.25, 0.3) is 0 Å². The minimum absolute atomic E-state index is 0.197. The highest BCUT2D eigenvalue weighted by Crippen LogP contribution is 2.31. The van der Waals surface area contributed by atoms with Gasteiger partial charge in [0, 0.05) is 18.4 Å². The number of benzene rings is 1. The molecule has 3 nitrogen and oxygen atoms in total. The zero-order valence-corrected chi connectivity index (χ0v) is 11.3. The van der Waals surface area contributed by atoms with E-state index in [1.807, 2.05) is 24.5 Å². The summed E-state index contributed by atoms with van der Waals surface area (Å²) in [5.41, 5.74) is 3.88. The molecule has 0 fully saturated rings. The summed E-state index contributed by atoms with van der Waals surface area (Å²) in [6.07, 6.45) is 4.90. The van der Waals surface area contributed by atoms with Crippen LogP contribution in [0.4, 0.5) is 0 Å². The first-order valence-electron chi connectivity index (χ1n) is 6.60. The number of methoxy groups -OCH3 is 1. The number of hydrogen-bond acceptors (Lipinski definition) is 3. The van der Waals surface area contributed by atoms with Crippen molar-refractivity contribution in [2.24, 2.45) is 0 Å². The summed E-state index contributed by atoms with van der Waals surface area (Å²) in [6, 6.07) is 11.0. The Morgan fingerprint density at radius 1 is 1.32 bits per heavy atom. The SMILES string of the molecule is COc1cccc(C2NC(C)Cc3ccncc32)c1. The van der Waals surface area contributed by atoms with Crippen molar-refractivity contribution in [1.29, 1.82) is 0 Å². The summed E-state index contributed by atoms with van der Waals surface area (Å²) in [6.45, 7) is 2.22. The topological polar surface area (TPSA) is 34.1 Å². The van der Waals surface area contributed by atoms with Gasteiger partial charge in [0.05, 0.1) is 13.2 Å². The van der Waals surface area contributed by atoms with Gasteiger partial charge in [-0.3, -0.25) is 4.98 Å². The summed E-state index contributed by atoms with van der Waals surface area (Å²) in [5, 5.41) is 3.64. The molecule has 1 N–H and O–H groups in total. The molecule has 98 valence electrons. The fraction of sp³-hybridized carbons (Fsp3) is 0.312. The number of nitrogens with one attached hydrogen (secondary N) is 1. The van der Waals surface area contributed by atoms with E-state index in [1.165, 1.54) is 16.7 Å². The monoisotopic (exact) mass is 254 g/mol. The molecule has 1 aromatic carbocycles. The molecule has 0 bridgehead atoms. The molecule has 1 aliphatic heterocycles. The van der Waals surface area contributed by atoms with Gasteiger partial charge in [0.2, 0.25) is 0 Å². The van der Waals surface area contributed by atoms with Crippen molar-refractivity contribution in [3.63, 3.8) is 0 Å². The van der Waals surface area contributed by atoms with Crippen molar-refractivity contribution in [2.75, 3.05) is 7.11 Å². The Balaban J connectivity index is 2.04. The lowest BCUT2D eigenvalue weighted by Crippen LogP contribution is -2.37. The van der Waals surface area contributed by atoms with Crippen molar-refractivity contribution in [3.8, 4) is 5.75 Å². The van der Waals surface area contributed by atoms with E-state index in [0.29, 0.717) is 6.04 Å². The van der Waals surface area contributed by atoms with Crippen molar-refractivity contribution in [2.45, 2.75) is 25.4 Å². The van der Waals surface area contributed by atoms with Gasteiger partial charge < -0.3 is 10.1 Å². The average molecular weight is 254 g/mol. The third-order valence-electron chi connectivity index (χ3n) is 3.66. The van der Waals surface area contributed by atoms with Crippen LogP contribution in [0.1, 0.15) is 29.7 Å². The molecule has 3 rings (SSSR count). The van der Waals surface area contributed by atoms with Crippen LogP contribution in [-0.4, -0.2) is 18.1 Å². The van der Waals surface area contributed by atoms with Crippen LogP contribution in [0.15, 0.2) is 42.7 Å². The molecule has 0 radical (unpaired) electrons. The highest BCUT2D eigenvalue weighted by molar-refractivity contribution is 5.40. The Labute approximate surface area is 113 Å². The Morgan fingerprint density at radius 3 is 3.05 bits per heavy atom. The molecular formula is C16H18N2O. The largest absolute Gasteiger partial charge is 0.497 e. The van der Waals surface area contributed by atoms with Crippen LogP contribution in [0, 0.1) is 0 Å². The van der Waals surface area contributed by atoms with Crippen LogP contribution >= 0.6 is 0 Å². The van der Waals surface area contributed by atoms with E-state index in [0.717, 1.165) is 12.2 Å². The van der Waals surface area contributed by atoms with Crippen molar-refractivity contribution in [3.05, 3.63) is 59.4 Å². The molecule has 0 saturated carbocycles. The van der Waals surface area contributed by atoms with Gasteiger partial charge >= 0.3 is 0 Å². The Kier molecular flexibility index (Phi) is 3.22. The Bertz CT molecular complexity index is 582. The summed E-state index contributed by atoms with van der Waals surface area (Å²) in [7, 11) is 1.70. The second-order valence-electron chi connectivity index (χ2n) is 5.06. The molecule has 2 heterocycles. The predicted molar refractivity (Wildman–Crippen MR) is 75.4 cm³/mol. The lowest BCUT2D eigenvalue weighted by molar-refractivity contribution is 0.411. The molecule has 2 atom stereocenters. The van der Waals surface area contributed by atoms with E-state index in [1.54, 1.807) is 7.11 Å². The summed E-state index contributed by atoms with van der Waals surface area (Å²) in [5.74, 6) is 0.892. The summed E-state index contributed by atoms with van der Waals surface area (Å²) < 4.78 is 5.32. The molecule has 2 aromatic rings. The molecule has 3 heteroatoms. The Hall–Kier alpha value is -1.87. The van der Waals surface area contributed by atoms with Gasteiger partial charge in [-0.2, -0.15) is 0 Å². The number of aromatic nitrogens is 1. The van der Waals surface area contributed by atoms with Crippen LogP contribution < -0.4 is 10.1 Å². The normalized spacial score (nSPS) is 21.8. The minimum Gasteiger partial charge on any atom is -0.497 e. The molecule has 2 unspecified atom stereocenters. The molecule has 1 aliphatic rings. The van der Waals surface area contributed by atoms with Gasteiger partial charge in [-0.1, -0.05) is 12.1 Å². The fourth-order valence-electron chi connectivity index (χ4n) is 2.74. The van der Waals surface area contributed by atoms with E-state index in [-0.39, 0.29) is 6.04 Å². The van der Waals surface area contributed by atoms with E-state index < -0.39 is 0 Å². The van der Waals surface area contributed by atoms with Gasteiger partial charge in [-0.05, 0) is 48.2 Å². The maximum absolute atomic E-state index is 5.32. The van der Waals surface area contributed by atoms with Crippen LogP contribution in [0.3, 0.4) is 0 Å². The van der Waals surface area contributed by atoms with Gasteiger partial charge in [0.1, 0.15) is 5.75 Å². The molecule has 0 spiro atoms. The molecule has 19 heavy (non-hydrogen) atoms. The third-order valence-corrected chi connectivity index (χ3v) is 3.66. The van der Waals surface area contributed by atoms with E-state index in [9.17, 15) is 0 Å². The standard InChI is InChI=1S/C16H18N2O/c1-11-8-12-6-7-17-10-15(12)16(18-11)13-4-3-5-14(9-13)19-2/h3-7,9-11,16,18H,8H2,1-2H3. The van der Waals surface area contributed by atoms with Gasteiger partial charge in [0.15, 0.2) is 0 Å². The van der Waals surface area contributed by atoms with Gasteiger partial charge in [-0.25, -0.2) is 0 Å². The average Bonchev–Trinajstić information content (AvgIpc) is 2.46. The third kappa shape index (κ3) is 2.34. The van der Waals surface area contributed by atoms with Crippen molar-refractivity contribution in [1.82, 2.24) is 10.3 Å². The first-order chi connectivity index (χ1) is 9.28. The number of pyridine rings is 1. The quantitative estimate of drug-likeness (QED) is 0.894. The molecule has 1 aromatic heterocycles. The first kappa shape index (κ1) is 12.2. The van der Waals surface area contributed by atoms with Crippen molar-refractivity contribution < 1.29 is 4.74 Å². The molecule has 0 saturated heterocycles. The van der Waals surface area contributed by atoms with E-state index >= 15 is 0 Å². The van der Waals surface area contributed by atoms with Crippen molar-refractivity contribution >= 4 is 0 Å². The predicted octanol–water partition coefficient (Wildman–Crippen LogP) is 2.71. The smallest absolute Gasteiger partial charge is 0.119 e. The van der Waals surface area contributed by atoms with Gasteiger partial charge in [-0.15, -0.1) is 0 Å². The first-order valence-corrected chi connectivity index (χ1v) is 6.60. The van der Waals surface area contributed by atoms with Crippen LogP contribution in [0.25, 0.3) is 0 Å². The number of ether oxygens (including phenoxy) is 1. The summed E-state index contributed by atoms with van der Waals surface area (Å²) >= 11 is 0. The number of hydrogen-bond donors (Lipinski definition) is 1. The van der Waals surface area contributed by atoms with Crippen LogP contribution in [0.5, 0.6) is 5.75 Å². The van der Waals surface area contributed by atoms with Crippen LogP contribution in [-0.2, 0) is 6.42 Å². The Morgan fingerprint density at radius 2 is 2.21 bits per heavy atom. The lowest BCUT2D eigenvalue weighted by atomic mass is 9.88. The molecule has 0 aliphatic carbocycles. The molecular weight excluding hydrogens is 236 g/mol. The number of rotatable bonds is 2. The summed E-state index contributed by atoms with van der Waals surface area (Å²) in [4.78, 5) is 4.27. The zero-order valence-electron chi connectivity index (χ0n) is 11.3. The lowest BCUT2D eigenvalue weighted by Gasteiger charge is -2.31. The van der Waals surface area contributed by atoms with E-state index in [4.69, 9.17) is 4.74 Å². The fourth-order valence-corrected chi connectivity index (χ4v) is 2.74. The minimum atomic E-state index is 0.197. The highest BCUT2D eigenvalue weighted by Gasteiger charge is 2.25. The maximum Gasteiger partial charge on any atom is 0.119 e. The second-order valence-corrected chi connectivity index (χ2v) is 5.06. The van der Waals surface area contributed by atoms with Crippen LogP contribution in [0.2, 0.25) is 0 Å². The number of fused-ring (bicyclic) bond motifs is 1. The zero-order chi connectivity index (χ0) is 13.2. The van der Waals surface area contributed by atoms with E-state index in [2.05, 4.69) is 35.4 Å². The second kappa shape index (κ2) is 5.02.